The highest BCUT2D eigenvalue weighted by Gasteiger charge is 2.34. The number of hydrogen-bond donors (Lipinski definition) is 2. The molecule has 0 spiro atoms. The van der Waals surface area contributed by atoms with E-state index in [0.29, 0.717) is 48.1 Å². The molecule has 1 atom stereocenters. The van der Waals surface area contributed by atoms with Crippen molar-refractivity contribution in [2.24, 2.45) is 0 Å². The van der Waals surface area contributed by atoms with E-state index in [1.165, 1.54) is 29.8 Å². The van der Waals surface area contributed by atoms with E-state index in [-0.39, 0.29) is 4.90 Å². The molecule has 11 heteroatoms. The fourth-order valence-electron chi connectivity index (χ4n) is 7.13. The second kappa shape index (κ2) is 14.9. The van der Waals surface area contributed by atoms with E-state index in [1.54, 1.807) is 12.1 Å². The molecule has 2 fully saturated rings. The minimum absolute atomic E-state index is 0.249. The molecule has 1 unspecified atom stereocenters. The molecule has 46 heavy (non-hydrogen) atoms. The molecule has 3 aliphatic heterocycles. The van der Waals surface area contributed by atoms with Crippen molar-refractivity contribution in [3.63, 3.8) is 0 Å². The highest BCUT2D eigenvalue weighted by molar-refractivity contribution is 7.99. The third-order valence-corrected chi connectivity index (χ3v) is 10.7. The summed E-state index contributed by atoms with van der Waals surface area (Å²) in [6.07, 6.45) is 1.25. The maximum atomic E-state index is 14.0. The molecule has 0 radical (unpaired) electrons. The van der Waals surface area contributed by atoms with E-state index in [2.05, 4.69) is 33.3 Å². The number of nitrogens with one attached hydrogen (secondary N) is 1. The van der Waals surface area contributed by atoms with Crippen LogP contribution in [0.15, 0.2) is 47.4 Å². The van der Waals surface area contributed by atoms with Crippen LogP contribution in [0.1, 0.15) is 66.0 Å². The predicted molar refractivity (Wildman–Crippen MR) is 175 cm³/mol. The van der Waals surface area contributed by atoms with Crippen LogP contribution in [-0.2, 0) is 25.7 Å². The number of benzene rings is 2. The summed E-state index contributed by atoms with van der Waals surface area (Å²) < 4.78 is 43.9. The van der Waals surface area contributed by atoms with Gasteiger partial charge in [-0.15, -0.1) is 11.8 Å². The van der Waals surface area contributed by atoms with Gasteiger partial charge in [0.05, 0.1) is 35.5 Å². The van der Waals surface area contributed by atoms with Crippen LogP contribution in [0.4, 0.5) is 13.2 Å². The number of piperidine rings is 2. The van der Waals surface area contributed by atoms with Crippen LogP contribution < -0.4 is 5.32 Å². The van der Waals surface area contributed by atoms with Crippen LogP contribution in [0.3, 0.4) is 0 Å². The Kier molecular flexibility index (Phi) is 10.7. The Labute approximate surface area is 273 Å². The van der Waals surface area contributed by atoms with E-state index in [9.17, 15) is 18.3 Å². The zero-order valence-electron chi connectivity index (χ0n) is 26.2. The Morgan fingerprint density at radius 2 is 1.76 bits per heavy atom. The van der Waals surface area contributed by atoms with Crippen molar-refractivity contribution < 1.29 is 18.3 Å². The number of fused-ring (bicyclic) bond motifs is 1. The van der Waals surface area contributed by atoms with Gasteiger partial charge in [-0.25, -0.2) is 0 Å². The Morgan fingerprint density at radius 3 is 2.48 bits per heavy atom. The molecule has 246 valence electrons. The molecule has 0 amide bonds. The number of β-amino-alcohol motifs (C(OH)–C–C–N with tert-alkyl or cyclic N) is 1. The minimum atomic E-state index is -4.42. The first-order chi connectivity index (χ1) is 22.3. The largest absolute Gasteiger partial charge is 0.417 e. The lowest BCUT2D eigenvalue weighted by Gasteiger charge is -2.33. The average Bonchev–Trinajstić information content (AvgIpc) is 3.43. The van der Waals surface area contributed by atoms with Gasteiger partial charge in [-0.2, -0.15) is 23.5 Å². The van der Waals surface area contributed by atoms with Crippen LogP contribution in [-0.4, -0.2) is 82.4 Å². The normalized spacial score (nSPS) is 19.1. The van der Waals surface area contributed by atoms with Gasteiger partial charge < -0.3 is 20.2 Å². The van der Waals surface area contributed by atoms with Gasteiger partial charge in [-0.05, 0) is 87.6 Å². The molecule has 0 saturated carbocycles. The molecule has 4 heterocycles. The SMILES string of the molecule is N#Cc1ccc(C2CCN(CC(O)Cn3nc(-c4ccc(C(F)(F)F)c(SCCN5CCCCC5)c4)c4c3CCNC4)CC2)cc1. The number of hydrogen-bond acceptors (Lipinski definition) is 7. The van der Waals surface area contributed by atoms with E-state index in [0.717, 1.165) is 82.6 Å². The van der Waals surface area contributed by atoms with Gasteiger partial charge in [-0.3, -0.25) is 4.68 Å². The van der Waals surface area contributed by atoms with E-state index in [4.69, 9.17) is 10.4 Å². The summed E-state index contributed by atoms with van der Waals surface area (Å²) in [5.74, 6) is 1.06. The van der Waals surface area contributed by atoms with Gasteiger partial charge in [0.1, 0.15) is 0 Å². The number of alkyl halides is 3. The number of likely N-dealkylation sites (tertiary alicyclic amines) is 2. The van der Waals surface area contributed by atoms with E-state index >= 15 is 0 Å². The fourth-order valence-corrected chi connectivity index (χ4v) is 8.25. The molecule has 2 saturated heterocycles. The molecule has 3 aliphatic rings. The summed E-state index contributed by atoms with van der Waals surface area (Å²) >= 11 is 1.28. The summed E-state index contributed by atoms with van der Waals surface area (Å²) in [5, 5.41) is 28.6. The first kappa shape index (κ1) is 33.0. The number of rotatable bonds is 10. The second-order valence-corrected chi connectivity index (χ2v) is 13.9. The molecular weight excluding hydrogens is 609 g/mol. The number of aliphatic hydroxyl groups is 1. The molecule has 2 N–H and O–H groups in total. The first-order valence-corrected chi connectivity index (χ1v) is 17.5. The molecule has 3 aromatic rings. The summed E-state index contributed by atoms with van der Waals surface area (Å²) in [6.45, 7) is 6.87. The highest BCUT2D eigenvalue weighted by Crippen LogP contribution is 2.40. The predicted octanol–water partition coefficient (Wildman–Crippen LogP) is 5.90. The Morgan fingerprint density at radius 1 is 1.00 bits per heavy atom. The van der Waals surface area contributed by atoms with E-state index in [1.807, 2.05) is 16.8 Å². The smallest absolute Gasteiger partial charge is 0.390 e. The maximum Gasteiger partial charge on any atom is 0.417 e. The van der Waals surface area contributed by atoms with Gasteiger partial charge in [0.25, 0.3) is 0 Å². The number of aliphatic hydroxyl groups excluding tert-OH is 1. The van der Waals surface area contributed by atoms with Crippen LogP contribution in [0, 0.1) is 11.3 Å². The van der Waals surface area contributed by atoms with Crippen molar-refractivity contribution in [3.05, 3.63) is 70.4 Å². The number of nitriles is 1. The van der Waals surface area contributed by atoms with Crippen molar-refractivity contribution in [3.8, 4) is 17.3 Å². The van der Waals surface area contributed by atoms with Gasteiger partial charge in [0.2, 0.25) is 0 Å². The van der Waals surface area contributed by atoms with Crippen molar-refractivity contribution in [1.29, 1.82) is 5.26 Å². The van der Waals surface area contributed by atoms with Gasteiger partial charge in [-0.1, -0.05) is 24.6 Å². The van der Waals surface area contributed by atoms with Crippen LogP contribution in [0.25, 0.3) is 11.3 Å². The number of halogens is 3. The Hall–Kier alpha value is -2.88. The zero-order chi connectivity index (χ0) is 32.1. The monoisotopic (exact) mass is 652 g/mol. The van der Waals surface area contributed by atoms with Crippen LogP contribution in [0.5, 0.6) is 0 Å². The highest BCUT2D eigenvalue weighted by atomic mass is 32.2. The van der Waals surface area contributed by atoms with Gasteiger partial charge >= 0.3 is 6.18 Å². The van der Waals surface area contributed by atoms with Crippen molar-refractivity contribution in [2.75, 3.05) is 51.6 Å². The quantitative estimate of drug-likeness (QED) is 0.264. The summed E-state index contributed by atoms with van der Waals surface area (Å²) in [4.78, 5) is 4.89. The van der Waals surface area contributed by atoms with Gasteiger partial charge in [0.15, 0.2) is 0 Å². The van der Waals surface area contributed by atoms with Crippen molar-refractivity contribution in [1.82, 2.24) is 24.9 Å². The molecule has 2 aromatic carbocycles. The second-order valence-electron chi connectivity index (χ2n) is 12.8. The minimum Gasteiger partial charge on any atom is -0.390 e. The summed E-state index contributed by atoms with van der Waals surface area (Å²) in [6, 6.07) is 14.4. The Bertz CT molecular complexity index is 1500. The average molecular weight is 653 g/mol. The summed E-state index contributed by atoms with van der Waals surface area (Å²) in [7, 11) is 0. The number of aromatic nitrogens is 2. The van der Waals surface area contributed by atoms with Crippen molar-refractivity contribution in [2.45, 2.75) is 74.7 Å². The Balaban J connectivity index is 1.13. The van der Waals surface area contributed by atoms with Crippen LogP contribution >= 0.6 is 11.8 Å². The maximum absolute atomic E-state index is 14.0. The van der Waals surface area contributed by atoms with Crippen LogP contribution in [0.2, 0.25) is 0 Å². The molecule has 0 bridgehead atoms. The fraction of sp³-hybridized carbons (Fsp3) is 0.543. The van der Waals surface area contributed by atoms with Gasteiger partial charge in [0, 0.05) is 60.1 Å². The molecular formula is C35H43F3N6OS. The number of thioether (sulfide) groups is 1. The molecule has 6 rings (SSSR count). The zero-order valence-corrected chi connectivity index (χ0v) is 27.1. The lowest BCUT2D eigenvalue weighted by molar-refractivity contribution is -0.139. The lowest BCUT2D eigenvalue weighted by Crippen LogP contribution is -2.40. The molecule has 0 aliphatic carbocycles. The lowest BCUT2D eigenvalue weighted by atomic mass is 9.89. The molecule has 7 nitrogen and oxygen atoms in total. The number of nitrogens with zero attached hydrogens (tertiary/aromatic N) is 5. The van der Waals surface area contributed by atoms with E-state index < -0.39 is 17.8 Å². The first-order valence-electron chi connectivity index (χ1n) is 16.5. The molecule has 1 aromatic heterocycles. The topological polar surface area (TPSA) is 80.4 Å². The standard InChI is InChI=1S/C35H43F3N6OS/c36-35(37,38)31-9-8-28(20-33(31)46-19-18-42-14-2-1-3-15-42)34-30-22-40-13-10-32(30)44(41-34)24-29(45)23-43-16-11-27(12-17-43)26-6-4-25(21-39)5-7-26/h4-9,20,27,29,40,45H,1-3,10-19,22-24H2. The van der Waals surface area contributed by atoms with Crippen molar-refractivity contribution >= 4 is 11.8 Å². The third kappa shape index (κ3) is 7.97. The summed E-state index contributed by atoms with van der Waals surface area (Å²) in [5.41, 5.74) is 4.78. The third-order valence-electron chi connectivity index (χ3n) is 9.63.